The molecule has 2 heteroatoms. The summed E-state index contributed by atoms with van der Waals surface area (Å²) in [6.07, 6.45) is 8.21. The van der Waals surface area contributed by atoms with E-state index in [0.717, 1.165) is 5.75 Å². The minimum absolute atomic E-state index is 0.497. The topological polar surface area (TPSA) is 21.3 Å². The Morgan fingerprint density at radius 1 is 1.17 bits per heavy atom. The number of ether oxygens (including phenoxy) is 1. The normalized spacial score (nSPS) is 28.1. The molecule has 3 rings (SSSR count). The molecule has 0 bridgehead atoms. The molecule has 1 N–H and O–H groups in total. The predicted octanol–water partition coefficient (Wildman–Crippen LogP) is 3.47. The van der Waals surface area contributed by atoms with E-state index in [1.54, 1.807) is 0 Å². The minimum Gasteiger partial charge on any atom is -0.490 e. The Bertz CT molecular complexity index is 400. The van der Waals surface area contributed by atoms with E-state index in [1.807, 2.05) is 0 Å². The van der Waals surface area contributed by atoms with Gasteiger partial charge in [-0.2, -0.15) is 0 Å². The second-order valence-electron chi connectivity index (χ2n) is 5.74. The third kappa shape index (κ3) is 2.86. The van der Waals surface area contributed by atoms with Crippen LogP contribution in [-0.4, -0.2) is 19.2 Å². The highest BCUT2D eigenvalue weighted by Crippen LogP contribution is 2.35. The first-order chi connectivity index (χ1) is 8.85. The fraction of sp³-hybridized carbons (Fsp3) is 0.625. The molecule has 2 saturated carbocycles. The summed E-state index contributed by atoms with van der Waals surface area (Å²) in [7, 11) is 2.08. The average molecular weight is 245 g/mol. The molecule has 0 amide bonds. The zero-order valence-electron chi connectivity index (χ0n) is 11.2. The summed E-state index contributed by atoms with van der Waals surface area (Å²) < 4.78 is 5.89. The highest BCUT2D eigenvalue weighted by molar-refractivity contribution is 5.31. The van der Waals surface area contributed by atoms with Gasteiger partial charge in [0, 0.05) is 6.04 Å². The van der Waals surface area contributed by atoms with Gasteiger partial charge in [-0.25, -0.2) is 0 Å². The van der Waals surface area contributed by atoms with Crippen molar-refractivity contribution in [2.24, 2.45) is 0 Å². The molecule has 0 saturated heterocycles. The van der Waals surface area contributed by atoms with Crippen LogP contribution in [0.1, 0.15) is 50.0 Å². The van der Waals surface area contributed by atoms with Gasteiger partial charge >= 0.3 is 0 Å². The Balaban J connectivity index is 1.69. The van der Waals surface area contributed by atoms with Crippen LogP contribution in [0.3, 0.4) is 0 Å². The minimum atomic E-state index is 0.497. The van der Waals surface area contributed by atoms with Crippen LogP contribution in [0.25, 0.3) is 0 Å². The SMILES string of the molecule is CNC1CCCC(c2cccc(OC3CC3)c2)C1. The second kappa shape index (κ2) is 5.31. The second-order valence-corrected chi connectivity index (χ2v) is 5.74. The Hall–Kier alpha value is -1.02. The maximum Gasteiger partial charge on any atom is 0.119 e. The van der Waals surface area contributed by atoms with Crippen molar-refractivity contribution in [1.82, 2.24) is 5.32 Å². The standard InChI is InChI=1S/C16H23NO/c1-17-14-6-2-4-12(10-14)13-5-3-7-16(11-13)18-15-8-9-15/h3,5,7,11-12,14-15,17H,2,4,6,8-10H2,1H3. The van der Waals surface area contributed by atoms with Crippen LogP contribution in [0, 0.1) is 0 Å². The van der Waals surface area contributed by atoms with E-state index in [0.29, 0.717) is 18.1 Å². The molecule has 0 aromatic heterocycles. The van der Waals surface area contributed by atoms with Gasteiger partial charge in [-0.3, -0.25) is 0 Å². The molecule has 18 heavy (non-hydrogen) atoms. The van der Waals surface area contributed by atoms with E-state index >= 15 is 0 Å². The van der Waals surface area contributed by atoms with Crippen LogP contribution in [0.5, 0.6) is 5.75 Å². The van der Waals surface area contributed by atoms with Crippen molar-refractivity contribution in [3.63, 3.8) is 0 Å². The molecule has 1 aromatic carbocycles. The van der Waals surface area contributed by atoms with Crippen LogP contribution >= 0.6 is 0 Å². The van der Waals surface area contributed by atoms with Crippen molar-refractivity contribution >= 4 is 0 Å². The summed E-state index contributed by atoms with van der Waals surface area (Å²) >= 11 is 0. The van der Waals surface area contributed by atoms with Gasteiger partial charge in [0.25, 0.3) is 0 Å². The van der Waals surface area contributed by atoms with Crippen LogP contribution in [-0.2, 0) is 0 Å². The van der Waals surface area contributed by atoms with E-state index in [9.17, 15) is 0 Å². The monoisotopic (exact) mass is 245 g/mol. The van der Waals surface area contributed by atoms with E-state index < -0.39 is 0 Å². The van der Waals surface area contributed by atoms with Crippen LogP contribution in [0.2, 0.25) is 0 Å². The van der Waals surface area contributed by atoms with E-state index in [4.69, 9.17) is 4.74 Å². The molecule has 2 nitrogen and oxygen atoms in total. The molecule has 2 aliphatic carbocycles. The lowest BCUT2D eigenvalue weighted by atomic mass is 9.81. The summed E-state index contributed by atoms with van der Waals surface area (Å²) in [5.41, 5.74) is 1.47. The van der Waals surface area contributed by atoms with Crippen molar-refractivity contribution in [2.75, 3.05) is 7.05 Å². The van der Waals surface area contributed by atoms with Gasteiger partial charge in [-0.15, -0.1) is 0 Å². The lowest BCUT2D eigenvalue weighted by molar-refractivity contribution is 0.301. The molecule has 2 aliphatic rings. The Morgan fingerprint density at radius 3 is 2.83 bits per heavy atom. The molecule has 0 radical (unpaired) electrons. The fourth-order valence-corrected chi connectivity index (χ4v) is 2.97. The third-order valence-electron chi connectivity index (χ3n) is 4.24. The first-order valence-electron chi connectivity index (χ1n) is 7.29. The van der Waals surface area contributed by atoms with Crippen LogP contribution < -0.4 is 10.1 Å². The van der Waals surface area contributed by atoms with E-state index in [1.165, 1.54) is 44.1 Å². The summed E-state index contributed by atoms with van der Waals surface area (Å²) in [5, 5.41) is 3.43. The molecule has 2 atom stereocenters. The Kier molecular flexibility index (Phi) is 3.55. The highest BCUT2D eigenvalue weighted by atomic mass is 16.5. The van der Waals surface area contributed by atoms with Gasteiger partial charge < -0.3 is 10.1 Å². The van der Waals surface area contributed by atoms with E-state index in [2.05, 4.69) is 36.6 Å². The zero-order chi connectivity index (χ0) is 12.4. The van der Waals surface area contributed by atoms with Gasteiger partial charge in [0.2, 0.25) is 0 Å². The lowest BCUT2D eigenvalue weighted by Gasteiger charge is -2.29. The van der Waals surface area contributed by atoms with Crippen LogP contribution in [0.4, 0.5) is 0 Å². The number of hydrogen-bond donors (Lipinski definition) is 1. The quantitative estimate of drug-likeness (QED) is 0.877. The number of nitrogens with one attached hydrogen (secondary N) is 1. The Labute approximate surface area is 110 Å². The van der Waals surface area contributed by atoms with Crippen molar-refractivity contribution in [3.8, 4) is 5.75 Å². The molecule has 0 spiro atoms. The molecule has 1 aromatic rings. The smallest absolute Gasteiger partial charge is 0.119 e. The fourth-order valence-electron chi connectivity index (χ4n) is 2.97. The summed E-state index contributed by atoms with van der Waals surface area (Å²) in [6, 6.07) is 9.47. The van der Waals surface area contributed by atoms with Gasteiger partial charge in [-0.05, 0) is 62.8 Å². The predicted molar refractivity (Wildman–Crippen MR) is 74.1 cm³/mol. The summed E-state index contributed by atoms with van der Waals surface area (Å²) in [5.74, 6) is 1.78. The van der Waals surface area contributed by atoms with Gasteiger partial charge in [0.1, 0.15) is 5.75 Å². The zero-order valence-corrected chi connectivity index (χ0v) is 11.2. The maximum absolute atomic E-state index is 5.89. The van der Waals surface area contributed by atoms with Crippen LogP contribution in [0.15, 0.2) is 24.3 Å². The van der Waals surface area contributed by atoms with Crippen molar-refractivity contribution < 1.29 is 4.74 Å². The average Bonchev–Trinajstić information content (AvgIpc) is 3.23. The first kappa shape index (κ1) is 12.0. The molecule has 0 aliphatic heterocycles. The van der Waals surface area contributed by atoms with Gasteiger partial charge in [0.15, 0.2) is 0 Å². The first-order valence-corrected chi connectivity index (χ1v) is 7.29. The van der Waals surface area contributed by atoms with Crippen molar-refractivity contribution in [1.29, 1.82) is 0 Å². The van der Waals surface area contributed by atoms with Gasteiger partial charge in [-0.1, -0.05) is 18.6 Å². The van der Waals surface area contributed by atoms with Crippen molar-refractivity contribution in [2.45, 2.75) is 56.6 Å². The van der Waals surface area contributed by atoms with Gasteiger partial charge in [0.05, 0.1) is 6.10 Å². The highest BCUT2D eigenvalue weighted by Gasteiger charge is 2.25. The molecular formula is C16H23NO. The largest absolute Gasteiger partial charge is 0.490 e. The molecular weight excluding hydrogens is 222 g/mol. The Morgan fingerprint density at radius 2 is 2.06 bits per heavy atom. The number of hydrogen-bond acceptors (Lipinski definition) is 2. The summed E-state index contributed by atoms with van der Waals surface area (Å²) in [4.78, 5) is 0. The van der Waals surface area contributed by atoms with E-state index in [-0.39, 0.29) is 0 Å². The molecule has 2 unspecified atom stereocenters. The number of benzene rings is 1. The molecule has 0 heterocycles. The lowest BCUT2D eigenvalue weighted by Crippen LogP contribution is -2.30. The summed E-state index contributed by atoms with van der Waals surface area (Å²) in [6.45, 7) is 0. The maximum atomic E-state index is 5.89. The molecule has 2 fully saturated rings. The molecule has 98 valence electrons. The third-order valence-corrected chi connectivity index (χ3v) is 4.24. The van der Waals surface area contributed by atoms with Crippen molar-refractivity contribution in [3.05, 3.63) is 29.8 Å². The number of rotatable bonds is 4.